The number of rotatable bonds is 2. The van der Waals surface area contributed by atoms with Crippen molar-refractivity contribution in [2.45, 2.75) is 13.3 Å². The van der Waals surface area contributed by atoms with Gasteiger partial charge in [0.1, 0.15) is 11.2 Å². The summed E-state index contributed by atoms with van der Waals surface area (Å²) in [6.45, 7) is 1.72. The summed E-state index contributed by atoms with van der Waals surface area (Å²) in [6, 6.07) is 9.81. The number of aromatic amines is 1. The Balaban J connectivity index is 2.06. The first kappa shape index (κ1) is 10.7. The normalized spacial score (nSPS) is 10.9. The van der Waals surface area contributed by atoms with Gasteiger partial charge in [-0.3, -0.25) is 4.79 Å². The molecule has 0 fully saturated rings. The van der Waals surface area contributed by atoms with E-state index in [0.29, 0.717) is 29.0 Å². The van der Waals surface area contributed by atoms with E-state index in [1.165, 1.54) is 0 Å². The molecule has 0 bridgehead atoms. The van der Waals surface area contributed by atoms with Gasteiger partial charge in [0.15, 0.2) is 0 Å². The van der Waals surface area contributed by atoms with Crippen LogP contribution in [0.25, 0.3) is 11.1 Å². The first-order valence-corrected chi connectivity index (χ1v) is 5.63. The van der Waals surface area contributed by atoms with Crippen LogP contribution in [0, 0.1) is 6.92 Å². The summed E-state index contributed by atoms with van der Waals surface area (Å²) in [4.78, 5) is 18.9. The smallest absolute Gasteiger partial charge is 0.265 e. The third-order valence-electron chi connectivity index (χ3n) is 2.78. The maximum absolute atomic E-state index is 11.9. The van der Waals surface area contributed by atoms with E-state index in [9.17, 15) is 4.79 Å². The van der Waals surface area contributed by atoms with Gasteiger partial charge in [0, 0.05) is 6.42 Å². The van der Waals surface area contributed by atoms with Crippen molar-refractivity contribution in [3.8, 4) is 0 Å². The number of fused-ring (bicyclic) bond motifs is 1. The minimum atomic E-state index is -0.204. The van der Waals surface area contributed by atoms with Gasteiger partial charge < -0.3 is 9.51 Å². The minimum Gasteiger partial charge on any atom is -0.335 e. The molecule has 0 spiro atoms. The Labute approximate surface area is 102 Å². The first-order valence-electron chi connectivity index (χ1n) is 5.63. The van der Waals surface area contributed by atoms with Gasteiger partial charge in [0.25, 0.3) is 11.3 Å². The molecule has 0 amide bonds. The van der Waals surface area contributed by atoms with Crippen molar-refractivity contribution in [2.75, 3.05) is 0 Å². The molecule has 0 aliphatic rings. The predicted octanol–water partition coefficient (Wildman–Crippen LogP) is 1.81. The number of aryl methyl sites for hydroxylation is 1. The zero-order valence-electron chi connectivity index (χ0n) is 9.80. The summed E-state index contributed by atoms with van der Waals surface area (Å²) in [7, 11) is 0. The van der Waals surface area contributed by atoms with Gasteiger partial charge >= 0.3 is 0 Å². The van der Waals surface area contributed by atoms with E-state index in [4.69, 9.17) is 4.52 Å². The van der Waals surface area contributed by atoms with Crippen molar-refractivity contribution in [1.82, 2.24) is 15.1 Å². The molecule has 5 heteroatoms. The second-order valence-electron chi connectivity index (χ2n) is 4.12. The quantitative estimate of drug-likeness (QED) is 0.742. The fraction of sp³-hybridized carbons (Fsp3) is 0.154. The number of hydrogen-bond donors (Lipinski definition) is 1. The second-order valence-corrected chi connectivity index (χ2v) is 4.12. The Bertz CT molecular complexity index is 744. The maximum Gasteiger partial charge on any atom is 0.265 e. The lowest BCUT2D eigenvalue weighted by Gasteiger charge is -2.00. The van der Waals surface area contributed by atoms with Crippen LogP contribution in [0.4, 0.5) is 0 Å². The molecule has 2 heterocycles. The van der Waals surface area contributed by atoms with E-state index in [1.807, 2.05) is 30.3 Å². The number of benzene rings is 1. The average Bonchev–Trinajstić information content (AvgIpc) is 2.72. The van der Waals surface area contributed by atoms with Crippen LogP contribution in [0.3, 0.4) is 0 Å². The molecule has 1 N–H and O–H groups in total. The Morgan fingerprint density at radius 2 is 2.06 bits per heavy atom. The van der Waals surface area contributed by atoms with E-state index in [0.717, 1.165) is 5.56 Å². The van der Waals surface area contributed by atoms with Crippen LogP contribution < -0.4 is 5.56 Å². The van der Waals surface area contributed by atoms with Crippen LogP contribution in [-0.4, -0.2) is 15.1 Å². The van der Waals surface area contributed by atoms with Crippen molar-refractivity contribution in [3.63, 3.8) is 0 Å². The van der Waals surface area contributed by atoms with E-state index >= 15 is 0 Å². The SMILES string of the molecule is Cc1noc2nc(Cc3ccccc3)[nH]c(=O)c12. The lowest BCUT2D eigenvalue weighted by molar-refractivity contribution is 0.442. The van der Waals surface area contributed by atoms with E-state index in [1.54, 1.807) is 6.92 Å². The minimum absolute atomic E-state index is 0.204. The molecule has 3 rings (SSSR count). The third-order valence-corrected chi connectivity index (χ3v) is 2.78. The molecular formula is C13H11N3O2. The lowest BCUT2D eigenvalue weighted by atomic mass is 10.1. The van der Waals surface area contributed by atoms with Gasteiger partial charge in [-0.15, -0.1) is 0 Å². The lowest BCUT2D eigenvalue weighted by Crippen LogP contribution is -2.11. The molecule has 0 aliphatic carbocycles. The fourth-order valence-corrected chi connectivity index (χ4v) is 1.91. The van der Waals surface area contributed by atoms with Crippen LogP contribution in [0.15, 0.2) is 39.6 Å². The Hall–Kier alpha value is -2.43. The van der Waals surface area contributed by atoms with Crippen molar-refractivity contribution in [1.29, 1.82) is 0 Å². The molecule has 2 aromatic heterocycles. The molecule has 0 atom stereocenters. The molecule has 1 aromatic carbocycles. The molecule has 18 heavy (non-hydrogen) atoms. The summed E-state index contributed by atoms with van der Waals surface area (Å²) >= 11 is 0. The molecule has 0 aliphatic heterocycles. The Morgan fingerprint density at radius 3 is 2.83 bits per heavy atom. The average molecular weight is 241 g/mol. The summed E-state index contributed by atoms with van der Waals surface area (Å²) in [6.07, 6.45) is 0.561. The van der Waals surface area contributed by atoms with Crippen molar-refractivity contribution < 1.29 is 4.52 Å². The van der Waals surface area contributed by atoms with Gasteiger partial charge in [-0.25, -0.2) is 0 Å². The molecule has 0 unspecified atom stereocenters. The van der Waals surface area contributed by atoms with Gasteiger partial charge in [0.05, 0.1) is 5.69 Å². The number of nitrogens with zero attached hydrogens (tertiary/aromatic N) is 2. The highest BCUT2D eigenvalue weighted by Gasteiger charge is 2.11. The summed E-state index contributed by atoms with van der Waals surface area (Å²) in [5.74, 6) is 0.579. The predicted molar refractivity (Wildman–Crippen MR) is 66.4 cm³/mol. The topological polar surface area (TPSA) is 71.8 Å². The zero-order chi connectivity index (χ0) is 12.5. The molecule has 5 nitrogen and oxygen atoms in total. The maximum atomic E-state index is 11.9. The molecule has 90 valence electrons. The van der Waals surface area contributed by atoms with Crippen molar-refractivity contribution in [2.24, 2.45) is 0 Å². The summed E-state index contributed by atoms with van der Waals surface area (Å²) in [5, 5.41) is 4.17. The standard InChI is InChI=1S/C13H11N3O2/c1-8-11-12(17)14-10(15-13(11)18-16-8)7-9-5-3-2-4-6-9/h2-6H,7H2,1H3,(H,14,15,17). The molecule has 0 saturated heterocycles. The van der Waals surface area contributed by atoms with E-state index in [2.05, 4.69) is 15.1 Å². The van der Waals surface area contributed by atoms with Gasteiger partial charge in [-0.2, -0.15) is 4.98 Å². The monoisotopic (exact) mass is 241 g/mol. The van der Waals surface area contributed by atoms with E-state index < -0.39 is 0 Å². The van der Waals surface area contributed by atoms with Crippen molar-refractivity contribution in [3.05, 3.63) is 57.8 Å². The van der Waals surface area contributed by atoms with E-state index in [-0.39, 0.29) is 5.56 Å². The third kappa shape index (κ3) is 1.79. The van der Waals surface area contributed by atoms with Crippen LogP contribution in [0.1, 0.15) is 17.1 Å². The van der Waals surface area contributed by atoms with Gasteiger partial charge in [0.2, 0.25) is 0 Å². The van der Waals surface area contributed by atoms with Crippen LogP contribution in [0.5, 0.6) is 0 Å². The van der Waals surface area contributed by atoms with Crippen LogP contribution in [-0.2, 0) is 6.42 Å². The second kappa shape index (κ2) is 4.10. The number of H-pyrrole nitrogens is 1. The Morgan fingerprint density at radius 1 is 1.28 bits per heavy atom. The van der Waals surface area contributed by atoms with Gasteiger partial charge in [-0.05, 0) is 12.5 Å². The highest BCUT2D eigenvalue weighted by Crippen LogP contribution is 2.12. The summed E-state index contributed by atoms with van der Waals surface area (Å²) in [5.41, 5.74) is 1.73. The largest absolute Gasteiger partial charge is 0.335 e. The number of nitrogens with one attached hydrogen (secondary N) is 1. The number of aromatic nitrogens is 3. The molecular weight excluding hydrogens is 230 g/mol. The molecule has 0 saturated carbocycles. The highest BCUT2D eigenvalue weighted by atomic mass is 16.5. The summed E-state index contributed by atoms with van der Waals surface area (Å²) < 4.78 is 5.03. The first-order chi connectivity index (χ1) is 8.74. The molecule has 3 aromatic rings. The van der Waals surface area contributed by atoms with Gasteiger partial charge in [-0.1, -0.05) is 35.5 Å². The highest BCUT2D eigenvalue weighted by molar-refractivity contribution is 5.74. The molecule has 0 radical (unpaired) electrons. The fourth-order valence-electron chi connectivity index (χ4n) is 1.91. The van der Waals surface area contributed by atoms with Crippen LogP contribution in [0.2, 0.25) is 0 Å². The van der Waals surface area contributed by atoms with Crippen molar-refractivity contribution >= 4 is 11.1 Å². The Kier molecular flexibility index (Phi) is 2.44. The zero-order valence-corrected chi connectivity index (χ0v) is 9.80. The number of hydrogen-bond acceptors (Lipinski definition) is 4. The van der Waals surface area contributed by atoms with Crippen LogP contribution >= 0.6 is 0 Å².